The van der Waals surface area contributed by atoms with Crippen molar-refractivity contribution in [3.8, 4) is 22.9 Å². The van der Waals surface area contributed by atoms with Gasteiger partial charge in [0.1, 0.15) is 5.82 Å². The molecule has 30 heavy (non-hydrogen) atoms. The maximum atomic E-state index is 14.9. The summed E-state index contributed by atoms with van der Waals surface area (Å²) in [5.74, 6) is 0.838. The van der Waals surface area contributed by atoms with Gasteiger partial charge in [-0.3, -0.25) is 5.10 Å². The highest BCUT2D eigenvalue weighted by molar-refractivity contribution is 5.93. The summed E-state index contributed by atoms with van der Waals surface area (Å²) in [6, 6.07) is 3.23. The molecule has 0 aliphatic carbocycles. The van der Waals surface area contributed by atoms with Crippen LogP contribution >= 0.6 is 0 Å². The number of aromatic amines is 1. The molecule has 5 rings (SSSR count). The third-order valence-electron chi connectivity index (χ3n) is 5.24. The van der Waals surface area contributed by atoms with Gasteiger partial charge in [-0.25, -0.2) is 13.8 Å². The minimum absolute atomic E-state index is 0.363. The molecule has 9 heteroatoms. The number of nitrogens with one attached hydrogen (secondary N) is 1. The Bertz CT molecular complexity index is 1280. The van der Waals surface area contributed by atoms with Crippen LogP contribution in [0.5, 0.6) is 11.8 Å². The Hall–Kier alpha value is -3.62. The number of nitrogens with zero attached hydrogens (tertiary/aromatic N) is 5. The molecule has 0 spiro atoms. The first-order chi connectivity index (χ1) is 14.5. The monoisotopic (exact) mass is 408 g/mol. The second kappa shape index (κ2) is 7.01. The van der Waals surface area contributed by atoms with E-state index < -0.39 is 0 Å². The van der Waals surface area contributed by atoms with Gasteiger partial charge in [0.2, 0.25) is 11.8 Å². The van der Waals surface area contributed by atoms with Crippen LogP contribution in [-0.2, 0) is 14.1 Å². The second-order valence-corrected chi connectivity index (χ2v) is 7.29. The van der Waals surface area contributed by atoms with Crippen molar-refractivity contribution in [3.63, 3.8) is 0 Å². The lowest BCUT2D eigenvalue weighted by Crippen LogP contribution is -2.09. The molecule has 4 aromatic rings. The Morgan fingerprint density at radius 3 is 2.67 bits per heavy atom. The number of aromatic nitrogens is 6. The molecule has 154 valence electrons. The molecule has 0 saturated heterocycles. The number of H-pyrrole nitrogens is 1. The zero-order chi connectivity index (χ0) is 20.8. The molecule has 0 saturated carbocycles. The van der Waals surface area contributed by atoms with Crippen molar-refractivity contribution in [1.82, 2.24) is 29.8 Å². The third kappa shape index (κ3) is 2.94. The van der Waals surface area contributed by atoms with E-state index in [1.54, 1.807) is 28.7 Å². The van der Waals surface area contributed by atoms with Gasteiger partial charge in [0, 0.05) is 37.5 Å². The highest BCUT2D eigenvalue weighted by Crippen LogP contribution is 2.35. The summed E-state index contributed by atoms with van der Waals surface area (Å²) in [5.41, 5.74) is 4.08. The molecule has 0 unspecified atom stereocenters. The van der Waals surface area contributed by atoms with Gasteiger partial charge in [-0.1, -0.05) is 0 Å². The smallest absolute Gasteiger partial charge is 0.219 e. The molecule has 0 atom stereocenters. The van der Waals surface area contributed by atoms with Crippen molar-refractivity contribution in [2.24, 2.45) is 14.1 Å². The van der Waals surface area contributed by atoms with E-state index in [9.17, 15) is 4.39 Å². The van der Waals surface area contributed by atoms with Crippen molar-refractivity contribution in [2.45, 2.75) is 13.3 Å². The van der Waals surface area contributed by atoms with E-state index in [4.69, 9.17) is 9.47 Å². The SMILES string of the molecule is Cc1nn(C)c2c1/C=C/c1n[nH]c3cc(F)c(cc13)-c1cnn(C)c1OCCCO2. The number of benzene rings is 1. The molecule has 4 heterocycles. The molecule has 0 radical (unpaired) electrons. The highest BCUT2D eigenvalue weighted by atomic mass is 19.1. The predicted octanol–water partition coefficient (Wildman–Crippen LogP) is 3.48. The van der Waals surface area contributed by atoms with Gasteiger partial charge in [-0.15, -0.1) is 0 Å². The molecule has 0 amide bonds. The fraction of sp³-hybridized carbons (Fsp3) is 0.286. The van der Waals surface area contributed by atoms with Gasteiger partial charge in [-0.05, 0) is 25.1 Å². The normalized spacial score (nSPS) is 15.1. The summed E-state index contributed by atoms with van der Waals surface area (Å²) < 4.78 is 30.2. The zero-order valence-electron chi connectivity index (χ0n) is 16.9. The molecule has 0 fully saturated rings. The zero-order valence-corrected chi connectivity index (χ0v) is 16.9. The van der Waals surface area contributed by atoms with Gasteiger partial charge in [0.25, 0.3) is 0 Å². The summed E-state index contributed by atoms with van der Waals surface area (Å²) in [4.78, 5) is 0. The number of ether oxygens (including phenoxy) is 2. The largest absolute Gasteiger partial charge is 0.477 e. The quantitative estimate of drug-likeness (QED) is 0.482. The molecular weight excluding hydrogens is 387 g/mol. The molecule has 1 N–H and O–H groups in total. The van der Waals surface area contributed by atoms with Gasteiger partial charge in [0.05, 0.1) is 47.4 Å². The summed E-state index contributed by atoms with van der Waals surface area (Å²) in [6.07, 6.45) is 6.09. The van der Waals surface area contributed by atoms with Crippen LogP contribution in [0, 0.1) is 12.7 Å². The van der Waals surface area contributed by atoms with Gasteiger partial charge >= 0.3 is 0 Å². The van der Waals surface area contributed by atoms with Gasteiger partial charge < -0.3 is 9.47 Å². The van der Waals surface area contributed by atoms with Crippen molar-refractivity contribution in [2.75, 3.05) is 13.2 Å². The number of hydrogen-bond donors (Lipinski definition) is 1. The summed E-state index contributed by atoms with van der Waals surface area (Å²) in [6.45, 7) is 2.81. The minimum atomic E-state index is -0.363. The maximum absolute atomic E-state index is 14.9. The molecule has 2 bridgehead atoms. The summed E-state index contributed by atoms with van der Waals surface area (Å²) >= 11 is 0. The van der Waals surface area contributed by atoms with Crippen LogP contribution in [0.15, 0.2) is 18.3 Å². The first-order valence-corrected chi connectivity index (χ1v) is 9.70. The van der Waals surface area contributed by atoms with Crippen LogP contribution in [-0.4, -0.2) is 43.0 Å². The van der Waals surface area contributed by atoms with Crippen LogP contribution in [0.4, 0.5) is 4.39 Å². The molecule has 1 aliphatic heterocycles. The molecule has 1 aromatic carbocycles. The Morgan fingerprint density at radius 1 is 1.03 bits per heavy atom. The lowest BCUT2D eigenvalue weighted by molar-refractivity contribution is 0.226. The van der Waals surface area contributed by atoms with E-state index in [0.717, 1.165) is 16.6 Å². The van der Waals surface area contributed by atoms with E-state index in [0.29, 0.717) is 53.7 Å². The molecule has 1 aliphatic rings. The average molecular weight is 408 g/mol. The number of fused-ring (bicyclic) bond motifs is 4. The maximum Gasteiger partial charge on any atom is 0.219 e. The van der Waals surface area contributed by atoms with Crippen molar-refractivity contribution in [3.05, 3.63) is 41.1 Å². The van der Waals surface area contributed by atoms with Crippen LogP contribution in [0.1, 0.15) is 23.4 Å². The Morgan fingerprint density at radius 2 is 1.83 bits per heavy atom. The van der Waals surface area contributed by atoms with E-state index in [1.165, 1.54) is 6.07 Å². The number of halogens is 1. The highest BCUT2D eigenvalue weighted by Gasteiger charge is 2.19. The summed E-state index contributed by atoms with van der Waals surface area (Å²) in [5, 5.41) is 16.8. The minimum Gasteiger partial charge on any atom is -0.477 e. The van der Waals surface area contributed by atoms with Crippen LogP contribution < -0.4 is 9.47 Å². The van der Waals surface area contributed by atoms with Crippen LogP contribution in [0.25, 0.3) is 34.2 Å². The van der Waals surface area contributed by atoms with E-state index in [2.05, 4.69) is 20.4 Å². The third-order valence-corrected chi connectivity index (χ3v) is 5.24. The lowest BCUT2D eigenvalue weighted by Gasteiger charge is -2.11. The van der Waals surface area contributed by atoms with Crippen molar-refractivity contribution >= 4 is 23.1 Å². The Kier molecular flexibility index (Phi) is 4.30. The molecular formula is C21H21FN6O2. The fourth-order valence-corrected chi connectivity index (χ4v) is 3.75. The predicted molar refractivity (Wildman–Crippen MR) is 111 cm³/mol. The van der Waals surface area contributed by atoms with Crippen LogP contribution in [0.2, 0.25) is 0 Å². The Labute approximate surface area is 171 Å². The van der Waals surface area contributed by atoms with Crippen molar-refractivity contribution < 1.29 is 13.9 Å². The number of hydrogen-bond acceptors (Lipinski definition) is 5. The van der Waals surface area contributed by atoms with E-state index in [-0.39, 0.29) is 5.82 Å². The topological polar surface area (TPSA) is 82.8 Å². The first kappa shape index (κ1) is 18.4. The molecule has 3 aromatic heterocycles. The lowest BCUT2D eigenvalue weighted by atomic mass is 10.0. The molecule has 8 nitrogen and oxygen atoms in total. The average Bonchev–Trinajstić information content (AvgIpc) is 3.35. The number of rotatable bonds is 0. The van der Waals surface area contributed by atoms with Gasteiger partial charge in [0.15, 0.2) is 0 Å². The second-order valence-electron chi connectivity index (χ2n) is 7.29. The first-order valence-electron chi connectivity index (χ1n) is 9.70. The van der Waals surface area contributed by atoms with Crippen molar-refractivity contribution in [1.29, 1.82) is 0 Å². The number of aryl methyl sites for hydroxylation is 3. The standard InChI is InChI=1S/C21H21FN6O2/c1-12-13-5-6-18-15-9-14(17(22)10-19(15)25-24-18)16-11-23-27(2)21(16)30-8-4-7-29-20(13)28(3)26-12/h5-6,9-11H,4,7-8H2,1-3H3,(H,24,25)/b6-5+. The Balaban J connectivity index is 1.70. The fourth-order valence-electron chi connectivity index (χ4n) is 3.75. The summed E-state index contributed by atoms with van der Waals surface area (Å²) in [7, 11) is 3.63. The van der Waals surface area contributed by atoms with Gasteiger partial charge in [-0.2, -0.15) is 15.3 Å². The van der Waals surface area contributed by atoms with E-state index >= 15 is 0 Å². The van der Waals surface area contributed by atoms with Crippen LogP contribution in [0.3, 0.4) is 0 Å². The van der Waals surface area contributed by atoms with E-state index in [1.807, 2.05) is 26.1 Å².